The maximum Gasteiger partial charge on any atom is 0.174 e. The Morgan fingerprint density at radius 2 is 1.94 bits per heavy atom. The van der Waals surface area contributed by atoms with Crippen molar-refractivity contribution < 1.29 is 13.5 Å². The molecule has 0 amide bonds. The van der Waals surface area contributed by atoms with Crippen LogP contribution in [-0.2, 0) is 0 Å². The van der Waals surface area contributed by atoms with Crippen molar-refractivity contribution in [1.82, 2.24) is 10.3 Å². The van der Waals surface area contributed by atoms with E-state index in [0.29, 0.717) is 27.7 Å². The average Bonchev–Trinajstić information content (AvgIpc) is 3.45. The van der Waals surface area contributed by atoms with Crippen LogP contribution in [0.1, 0.15) is 30.5 Å². The molecule has 0 spiro atoms. The molecular formula is C26H21BrFN3O2S. The lowest BCUT2D eigenvalue weighted by Gasteiger charge is -2.26. The van der Waals surface area contributed by atoms with E-state index in [1.165, 1.54) is 12.1 Å². The molecule has 0 bridgehead atoms. The van der Waals surface area contributed by atoms with Crippen LogP contribution in [0.3, 0.4) is 0 Å². The second-order valence-corrected chi connectivity index (χ2v) is 8.99. The SMILES string of the molecule is CCOc1ccc(N2C(=S)N[C@H](c3ccccn3)[C@H]2c2ccc(-c3ccc(F)cc3Br)o2)cc1. The number of anilines is 1. The Morgan fingerprint density at radius 1 is 1.12 bits per heavy atom. The molecule has 4 aromatic rings. The molecule has 34 heavy (non-hydrogen) atoms. The zero-order valence-electron chi connectivity index (χ0n) is 18.2. The fraction of sp³-hybridized carbons (Fsp3) is 0.154. The van der Waals surface area contributed by atoms with Gasteiger partial charge in [0.25, 0.3) is 0 Å². The lowest BCUT2D eigenvalue weighted by Crippen LogP contribution is -2.29. The molecule has 5 rings (SSSR count). The number of hydrogen-bond donors (Lipinski definition) is 1. The van der Waals surface area contributed by atoms with E-state index in [-0.39, 0.29) is 17.9 Å². The van der Waals surface area contributed by atoms with Gasteiger partial charge in [-0.15, -0.1) is 0 Å². The van der Waals surface area contributed by atoms with Gasteiger partial charge in [0.1, 0.15) is 29.1 Å². The lowest BCUT2D eigenvalue weighted by molar-refractivity contribution is 0.340. The molecule has 0 unspecified atom stereocenters. The van der Waals surface area contributed by atoms with Crippen molar-refractivity contribution in [3.63, 3.8) is 0 Å². The number of furan rings is 1. The first-order chi connectivity index (χ1) is 16.5. The van der Waals surface area contributed by atoms with Gasteiger partial charge in [-0.3, -0.25) is 4.98 Å². The van der Waals surface area contributed by atoms with Crippen LogP contribution in [0.5, 0.6) is 5.75 Å². The van der Waals surface area contributed by atoms with Crippen molar-refractivity contribution in [1.29, 1.82) is 0 Å². The lowest BCUT2D eigenvalue weighted by atomic mass is 10.0. The van der Waals surface area contributed by atoms with E-state index < -0.39 is 0 Å². The van der Waals surface area contributed by atoms with Gasteiger partial charge >= 0.3 is 0 Å². The van der Waals surface area contributed by atoms with Gasteiger partial charge < -0.3 is 19.4 Å². The number of pyridine rings is 1. The summed E-state index contributed by atoms with van der Waals surface area (Å²) in [5, 5.41) is 3.99. The molecule has 1 N–H and O–H groups in total. The van der Waals surface area contributed by atoms with Crippen LogP contribution in [-0.4, -0.2) is 16.7 Å². The monoisotopic (exact) mass is 537 g/mol. The number of ether oxygens (including phenoxy) is 1. The predicted octanol–water partition coefficient (Wildman–Crippen LogP) is 6.82. The summed E-state index contributed by atoms with van der Waals surface area (Å²) >= 11 is 9.20. The minimum atomic E-state index is -0.315. The van der Waals surface area contributed by atoms with Crippen molar-refractivity contribution in [3.05, 3.63) is 101 Å². The first kappa shape index (κ1) is 22.6. The molecule has 1 aliphatic heterocycles. The highest BCUT2D eigenvalue weighted by atomic mass is 79.9. The molecule has 1 saturated heterocycles. The van der Waals surface area contributed by atoms with E-state index >= 15 is 0 Å². The summed E-state index contributed by atoms with van der Waals surface area (Å²) in [6.45, 7) is 2.55. The third-order valence-corrected chi connectivity index (χ3v) is 6.61. The minimum absolute atomic E-state index is 0.226. The summed E-state index contributed by atoms with van der Waals surface area (Å²) in [6.07, 6.45) is 1.76. The van der Waals surface area contributed by atoms with Crippen LogP contribution in [0.25, 0.3) is 11.3 Å². The molecule has 0 radical (unpaired) electrons. The highest BCUT2D eigenvalue weighted by Crippen LogP contribution is 2.43. The molecule has 5 nitrogen and oxygen atoms in total. The fourth-order valence-electron chi connectivity index (χ4n) is 4.14. The zero-order valence-corrected chi connectivity index (χ0v) is 20.6. The van der Waals surface area contributed by atoms with Gasteiger partial charge in [0.2, 0.25) is 0 Å². The fourth-order valence-corrected chi connectivity index (χ4v) is 5.03. The normalized spacial score (nSPS) is 17.6. The summed E-state index contributed by atoms with van der Waals surface area (Å²) in [5.41, 5.74) is 2.53. The number of rotatable bonds is 6. The zero-order chi connectivity index (χ0) is 23.7. The van der Waals surface area contributed by atoms with Gasteiger partial charge in [-0.05, 0) is 102 Å². The van der Waals surface area contributed by atoms with Crippen LogP contribution >= 0.6 is 28.1 Å². The minimum Gasteiger partial charge on any atom is -0.494 e. The van der Waals surface area contributed by atoms with Gasteiger partial charge in [-0.1, -0.05) is 6.07 Å². The number of halogens is 2. The summed E-state index contributed by atoms with van der Waals surface area (Å²) in [4.78, 5) is 6.60. The van der Waals surface area contributed by atoms with Gasteiger partial charge in [0, 0.05) is 21.9 Å². The van der Waals surface area contributed by atoms with Crippen molar-refractivity contribution in [2.24, 2.45) is 0 Å². The quantitative estimate of drug-likeness (QED) is 0.272. The standard InChI is InChI=1S/C26H21BrFN3O2S/c1-2-32-18-9-7-17(8-10-18)31-25(24(30-26(31)34)21-5-3-4-14-29-21)23-13-12-22(33-23)19-11-6-16(28)15-20(19)27/h3-15,24-25H,2H2,1H3,(H,30,34)/t24-,25-/m1/s1. The molecule has 2 aromatic heterocycles. The van der Waals surface area contributed by atoms with Crippen molar-refractivity contribution in [3.8, 4) is 17.1 Å². The largest absolute Gasteiger partial charge is 0.494 e. The summed E-state index contributed by atoms with van der Waals surface area (Å²) in [7, 11) is 0. The van der Waals surface area contributed by atoms with Gasteiger partial charge in [0.15, 0.2) is 5.11 Å². The topological polar surface area (TPSA) is 50.5 Å². The first-order valence-corrected chi connectivity index (χ1v) is 12.0. The highest BCUT2D eigenvalue weighted by molar-refractivity contribution is 9.10. The Kier molecular flexibility index (Phi) is 6.34. The van der Waals surface area contributed by atoms with E-state index in [0.717, 1.165) is 22.7 Å². The van der Waals surface area contributed by atoms with Crippen molar-refractivity contribution >= 4 is 38.9 Å². The molecule has 1 aliphatic rings. The van der Waals surface area contributed by atoms with Crippen LogP contribution in [0, 0.1) is 5.82 Å². The Labute approximate surface area is 210 Å². The second kappa shape index (κ2) is 9.56. The molecule has 0 aliphatic carbocycles. The predicted molar refractivity (Wildman–Crippen MR) is 137 cm³/mol. The van der Waals surface area contributed by atoms with Crippen LogP contribution in [0.4, 0.5) is 10.1 Å². The maximum absolute atomic E-state index is 13.6. The average molecular weight is 538 g/mol. The molecule has 2 atom stereocenters. The number of nitrogens with zero attached hydrogens (tertiary/aromatic N) is 2. The number of thiocarbonyl (C=S) groups is 1. The van der Waals surface area contributed by atoms with Gasteiger partial charge in [-0.2, -0.15) is 0 Å². The molecule has 2 aromatic carbocycles. The van der Waals surface area contributed by atoms with E-state index in [4.69, 9.17) is 21.4 Å². The van der Waals surface area contributed by atoms with Crippen molar-refractivity contribution in [2.45, 2.75) is 19.0 Å². The first-order valence-electron chi connectivity index (χ1n) is 10.8. The molecule has 1 fully saturated rings. The number of benzene rings is 2. The van der Waals surface area contributed by atoms with Crippen molar-refractivity contribution in [2.75, 3.05) is 11.5 Å². The van der Waals surface area contributed by atoms with E-state index in [9.17, 15) is 4.39 Å². The van der Waals surface area contributed by atoms with E-state index in [2.05, 4.69) is 26.2 Å². The molecule has 0 saturated carbocycles. The van der Waals surface area contributed by atoms with Gasteiger partial charge in [0.05, 0.1) is 18.3 Å². The maximum atomic E-state index is 13.6. The number of nitrogens with one attached hydrogen (secondary N) is 1. The molecule has 8 heteroatoms. The third-order valence-electron chi connectivity index (χ3n) is 5.64. The molecule has 172 valence electrons. The molecule has 3 heterocycles. The summed E-state index contributed by atoms with van der Waals surface area (Å²) in [5.74, 6) is 1.82. The van der Waals surface area contributed by atoms with E-state index in [1.54, 1.807) is 12.3 Å². The Bertz CT molecular complexity index is 1310. The summed E-state index contributed by atoms with van der Waals surface area (Å²) in [6, 6.07) is 21.5. The highest BCUT2D eigenvalue weighted by Gasteiger charge is 2.42. The number of aromatic nitrogens is 1. The third kappa shape index (κ3) is 4.31. The Hall–Kier alpha value is -3.23. The molecular weight excluding hydrogens is 517 g/mol. The Morgan fingerprint density at radius 3 is 2.65 bits per heavy atom. The smallest absolute Gasteiger partial charge is 0.174 e. The second-order valence-electron chi connectivity index (χ2n) is 7.75. The van der Waals surface area contributed by atoms with Crippen LogP contribution < -0.4 is 15.0 Å². The van der Waals surface area contributed by atoms with Crippen LogP contribution in [0.15, 0.2) is 87.9 Å². The van der Waals surface area contributed by atoms with Crippen LogP contribution in [0.2, 0.25) is 0 Å². The van der Waals surface area contributed by atoms with Gasteiger partial charge in [-0.25, -0.2) is 4.39 Å². The summed E-state index contributed by atoms with van der Waals surface area (Å²) < 4.78 is 26.2. The number of hydrogen-bond acceptors (Lipinski definition) is 4. The Balaban J connectivity index is 1.57. The van der Waals surface area contributed by atoms with E-state index in [1.807, 2.05) is 66.4 Å².